The van der Waals surface area contributed by atoms with Crippen molar-refractivity contribution in [3.63, 3.8) is 0 Å². The second-order valence-electron chi connectivity index (χ2n) is 5.19. The molecular formula is C17H19NO4. The number of hydrogen-bond acceptors (Lipinski definition) is 4. The normalized spacial score (nSPS) is 16.1. The lowest BCUT2D eigenvalue weighted by molar-refractivity contribution is -0.127. The zero-order valence-corrected chi connectivity index (χ0v) is 12.3. The Morgan fingerprint density at radius 3 is 3.00 bits per heavy atom. The van der Waals surface area contributed by atoms with Crippen molar-refractivity contribution < 1.29 is 18.7 Å². The molecule has 1 aromatic heterocycles. The van der Waals surface area contributed by atoms with Gasteiger partial charge in [0.15, 0.2) is 6.10 Å². The van der Waals surface area contributed by atoms with Gasteiger partial charge in [0.1, 0.15) is 18.1 Å². The molecule has 0 radical (unpaired) electrons. The maximum Gasteiger partial charge on any atom is 0.261 e. The summed E-state index contributed by atoms with van der Waals surface area (Å²) >= 11 is 0. The van der Waals surface area contributed by atoms with Crippen LogP contribution in [0.4, 0.5) is 0 Å². The monoisotopic (exact) mass is 301 g/mol. The number of fused-ring (bicyclic) bond motifs is 1. The summed E-state index contributed by atoms with van der Waals surface area (Å²) in [7, 11) is 0. The summed E-state index contributed by atoms with van der Waals surface area (Å²) < 4.78 is 16.3. The zero-order valence-electron chi connectivity index (χ0n) is 12.3. The molecule has 116 valence electrons. The second-order valence-corrected chi connectivity index (χ2v) is 5.19. The highest BCUT2D eigenvalue weighted by Gasteiger charge is 2.28. The number of benzene rings is 1. The van der Waals surface area contributed by atoms with E-state index in [9.17, 15) is 4.79 Å². The van der Waals surface area contributed by atoms with Crippen molar-refractivity contribution in [1.29, 1.82) is 0 Å². The number of ether oxygens (including phenoxy) is 2. The van der Waals surface area contributed by atoms with Gasteiger partial charge in [0, 0.05) is 19.6 Å². The predicted molar refractivity (Wildman–Crippen MR) is 80.6 cm³/mol. The van der Waals surface area contributed by atoms with Gasteiger partial charge in [-0.15, -0.1) is 0 Å². The Bertz CT molecular complexity index is 584. The summed E-state index contributed by atoms with van der Waals surface area (Å²) in [5, 5.41) is 2.89. The van der Waals surface area contributed by atoms with Crippen LogP contribution in [0, 0.1) is 0 Å². The molecule has 1 aliphatic rings. The number of amides is 1. The molecule has 1 aromatic carbocycles. The van der Waals surface area contributed by atoms with Gasteiger partial charge in [-0.3, -0.25) is 4.79 Å². The van der Waals surface area contributed by atoms with E-state index in [1.807, 2.05) is 36.4 Å². The first-order chi connectivity index (χ1) is 10.8. The molecule has 1 amide bonds. The van der Waals surface area contributed by atoms with Crippen LogP contribution in [0.2, 0.25) is 0 Å². The van der Waals surface area contributed by atoms with Crippen LogP contribution in [0.1, 0.15) is 17.7 Å². The van der Waals surface area contributed by atoms with Crippen molar-refractivity contribution >= 4 is 5.91 Å². The number of furan rings is 1. The number of para-hydroxylation sites is 1. The summed E-state index contributed by atoms with van der Waals surface area (Å²) in [6.07, 6.45) is 2.60. The minimum absolute atomic E-state index is 0.0674. The van der Waals surface area contributed by atoms with Crippen LogP contribution in [0.5, 0.6) is 5.75 Å². The molecule has 2 aromatic rings. The minimum Gasteiger partial charge on any atom is -0.480 e. The fourth-order valence-electron chi connectivity index (χ4n) is 2.40. The Morgan fingerprint density at radius 1 is 1.27 bits per heavy atom. The van der Waals surface area contributed by atoms with Crippen molar-refractivity contribution in [1.82, 2.24) is 5.32 Å². The first-order valence-electron chi connectivity index (χ1n) is 7.45. The highest BCUT2D eigenvalue weighted by molar-refractivity contribution is 5.82. The van der Waals surface area contributed by atoms with Crippen molar-refractivity contribution in [3.05, 3.63) is 54.0 Å². The molecule has 0 spiro atoms. The van der Waals surface area contributed by atoms with Gasteiger partial charge in [0.25, 0.3) is 5.91 Å². The van der Waals surface area contributed by atoms with Crippen LogP contribution < -0.4 is 10.1 Å². The maximum atomic E-state index is 12.0. The molecule has 1 unspecified atom stereocenters. The minimum atomic E-state index is -0.415. The molecule has 0 saturated carbocycles. The first-order valence-corrected chi connectivity index (χ1v) is 7.45. The molecule has 1 atom stereocenters. The average Bonchev–Trinajstić information content (AvgIpc) is 3.19. The van der Waals surface area contributed by atoms with Gasteiger partial charge in [-0.05, 0) is 30.2 Å². The number of carbonyl (C=O) groups excluding carboxylic acids is 1. The van der Waals surface area contributed by atoms with Gasteiger partial charge in [-0.1, -0.05) is 18.2 Å². The third-order valence-corrected chi connectivity index (χ3v) is 3.53. The Morgan fingerprint density at radius 2 is 2.18 bits per heavy atom. The summed E-state index contributed by atoms with van der Waals surface area (Å²) in [4.78, 5) is 12.0. The predicted octanol–water partition coefficient (Wildman–Crippen LogP) is 2.31. The van der Waals surface area contributed by atoms with E-state index in [1.54, 1.807) is 6.26 Å². The Labute approximate surface area is 129 Å². The van der Waals surface area contributed by atoms with E-state index in [4.69, 9.17) is 13.9 Å². The molecular weight excluding hydrogens is 282 g/mol. The molecule has 5 nitrogen and oxygen atoms in total. The Hall–Kier alpha value is -2.27. The van der Waals surface area contributed by atoms with Crippen LogP contribution in [0.3, 0.4) is 0 Å². The second kappa shape index (κ2) is 7.13. The highest BCUT2D eigenvalue weighted by Crippen LogP contribution is 2.27. The number of rotatable bonds is 7. The lowest BCUT2D eigenvalue weighted by Gasteiger charge is -2.11. The third-order valence-electron chi connectivity index (χ3n) is 3.53. The van der Waals surface area contributed by atoms with Crippen molar-refractivity contribution in [2.24, 2.45) is 0 Å². The van der Waals surface area contributed by atoms with E-state index in [0.29, 0.717) is 26.2 Å². The van der Waals surface area contributed by atoms with Gasteiger partial charge >= 0.3 is 0 Å². The van der Waals surface area contributed by atoms with Gasteiger partial charge < -0.3 is 19.2 Å². The molecule has 22 heavy (non-hydrogen) atoms. The highest BCUT2D eigenvalue weighted by atomic mass is 16.5. The SMILES string of the molecule is O=C(NCCCOCc1ccco1)C1Cc2ccccc2O1. The van der Waals surface area contributed by atoms with Crippen molar-refractivity contribution in [2.75, 3.05) is 13.2 Å². The van der Waals surface area contributed by atoms with Crippen LogP contribution in [-0.4, -0.2) is 25.2 Å². The van der Waals surface area contributed by atoms with Crippen molar-refractivity contribution in [3.8, 4) is 5.75 Å². The first kappa shape index (κ1) is 14.7. The lowest BCUT2D eigenvalue weighted by Crippen LogP contribution is -2.38. The summed E-state index contributed by atoms with van der Waals surface area (Å²) in [6, 6.07) is 11.5. The van der Waals surface area contributed by atoms with E-state index < -0.39 is 6.10 Å². The standard InChI is InChI=1S/C17H19NO4/c19-17(16-11-13-5-1-2-7-15(13)22-16)18-8-4-9-20-12-14-6-3-10-21-14/h1-3,5-7,10,16H,4,8-9,11-12H2,(H,18,19). The Kier molecular flexibility index (Phi) is 4.75. The molecule has 2 heterocycles. The van der Waals surface area contributed by atoms with Crippen LogP contribution in [-0.2, 0) is 22.6 Å². The lowest BCUT2D eigenvalue weighted by atomic mass is 10.1. The van der Waals surface area contributed by atoms with Crippen LogP contribution >= 0.6 is 0 Å². The largest absolute Gasteiger partial charge is 0.480 e. The number of carbonyl (C=O) groups is 1. The summed E-state index contributed by atoms with van der Waals surface area (Å²) in [5.41, 5.74) is 1.09. The van der Waals surface area contributed by atoms with E-state index in [2.05, 4.69) is 5.32 Å². The quantitative estimate of drug-likeness (QED) is 0.797. The number of hydrogen-bond donors (Lipinski definition) is 1. The molecule has 3 rings (SSSR count). The molecule has 0 fully saturated rings. The van der Waals surface area contributed by atoms with Gasteiger partial charge in [-0.2, -0.15) is 0 Å². The molecule has 1 N–H and O–H groups in total. The van der Waals surface area contributed by atoms with E-state index in [-0.39, 0.29) is 5.91 Å². The van der Waals surface area contributed by atoms with E-state index >= 15 is 0 Å². The molecule has 0 aliphatic carbocycles. The van der Waals surface area contributed by atoms with Gasteiger partial charge in [-0.25, -0.2) is 0 Å². The average molecular weight is 301 g/mol. The molecule has 5 heteroatoms. The van der Waals surface area contributed by atoms with Gasteiger partial charge in [0.2, 0.25) is 0 Å². The summed E-state index contributed by atoms with van der Waals surface area (Å²) in [6.45, 7) is 1.61. The van der Waals surface area contributed by atoms with Crippen molar-refractivity contribution in [2.45, 2.75) is 25.6 Å². The number of nitrogens with one attached hydrogen (secondary N) is 1. The van der Waals surface area contributed by atoms with Crippen LogP contribution in [0.15, 0.2) is 47.1 Å². The molecule has 1 aliphatic heterocycles. The maximum absolute atomic E-state index is 12.0. The fraction of sp³-hybridized carbons (Fsp3) is 0.353. The Balaban J connectivity index is 1.30. The topological polar surface area (TPSA) is 60.7 Å². The van der Waals surface area contributed by atoms with E-state index in [1.165, 1.54) is 0 Å². The smallest absolute Gasteiger partial charge is 0.261 e. The molecule has 0 saturated heterocycles. The van der Waals surface area contributed by atoms with Crippen LogP contribution in [0.25, 0.3) is 0 Å². The third kappa shape index (κ3) is 3.68. The van der Waals surface area contributed by atoms with E-state index in [0.717, 1.165) is 23.5 Å². The fourth-order valence-corrected chi connectivity index (χ4v) is 2.40. The molecule has 0 bridgehead atoms. The summed E-state index contributed by atoms with van der Waals surface area (Å²) in [5.74, 6) is 1.55. The zero-order chi connectivity index (χ0) is 15.2. The van der Waals surface area contributed by atoms with Gasteiger partial charge in [0.05, 0.1) is 6.26 Å².